The molecule has 1 aromatic rings. The highest BCUT2D eigenvalue weighted by Crippen LogP contribution is 2.42. The standard InChI is InChI=1S/C31H47FO2/c1-23(2)12-8-13-24(3)14-9-15-25(4)16-10-18-31(7)19-17-28-22-29(33-21-11-20-32)26(5)27(6)30(28)34-31/h12,14,16,22H,8-11,13,15,17-21H2,1-7H3/t31-/m1/s1. The van der Waals surface area contributed by atoms with Crippen molar-refractivity contribution in [3.63, 3.8) is 0 Å². The van der Waals surface area contributed by atoms with E-state index in [4.69, 9.17) is 9.47 Å². The fraction of sp³-hybridized carbons (Fsp3) is 0.613. The van der Waals surface area contributed by atoms with Gasteiger partial charge >= 0.3 is 0 Å². The maximum absolute atomic E-state index is 12.4. The average Bonchev–Trinajstić information content (AvgIpc) is 2.77. The molecule has 0 saturated heterocycles. The summed E-state index contributed by atoms with van der Waals surface area (Å²) in [6.45, 7) is 15.3. The van der Waals surface area contributed by atoms with Crippen molar-refractivity contribution < 1.29 is 13.9 Å². The van der Waals surface area contributed by atoms with Crippen LogP contribution in [0.5, 0.6) is 11.5 Å². The number of rotatable bonds is 13. The largest absolute Gasteiger partial charge is 0.493 e. The zero-order chi connectivity index (χ0) is 25.1. The molecule has 0 radical (unpaired) electrons. The highest BCUT2D eigenvalue weighted by molar-refractivity contribution is 5.53. The maximum Gasteiger partial charge on any atom is 0.126 e. The summed E-state index contributed by atoms with van der Waals surface area (Å²) in [6, 6.07) is 2.11. The summed E-state index contributed by atoms with van der Waals surface area (Å²) in [4.78, 5) is 0. The van der Waals surface area contributed by atoms with Gasteiger partial charge in [0, 0.05) is 6.42 Å². The Kier molecular flexibility index (Phi) is 11.4. The van der Waals surface area contributed by atoms with E-state index in [-0.39, 0.29) is 12.3 Å². The van der Waals surface area contributed by atoms with Crippen LogP contribution in [0, 0.1) is 13.8 Å². The second-order valence-corrected chi connectivity index (χ2v) is 10.6. The van der Waals surface area contributed by atoms with Crippen LogP contribution in [0.4, 0.5) is 4.39 Å². The van der Waals surface area contributed by atoms with Crippen LogP contribution in [0.1, 0.15) is 103 Å². The van der Waals surface area contributed by atoms with Gasteiger partial charge in [-0.2, -0.15) is 0 Å². The normalized spacial score (nSPS) is 18.4. The summed E-state index contributed by atoms with van der Waals surface area (Å²) in [7, 11) is 0. The Bertz CT molecular complexity index is 889. The molecule has 1 aromatic carbocycles. The van der Waals surface area contributed by atoms with Gasteiger partial charge in [0.25, 0.3) is 0 Å². The Labute approximate surface area is 208 Å². The van der Waals surface area contributed by atoms with E-state index in [1.807, 2.05) is 0 Å². The van der Waals surface area contributed by atoms with Crippen molar-refractivity contribution in [3.8, 4) is 11.5 Å². The molecule has 3 heteroatoms. The Hall–Kier alpha value is -2.03. The zero-order valence-electron chi connectivity index (χ0n) is 22.8. The van der Waals surface area contributed by atoms with Crippen LogP contribution in [0.2, 0.25) is 0 Å². The van der Waals surface area contributed by atoms with E-state index in [1.54, 1.807) is 0 Å². The van der Waals surface area contributed by atoms with Crippen molar-refractivity contribution in [2.75, 3.05) is 13.3 Å². The van der Waals surface area contributed by atoms with Gasteiger partial charge in [-0.15, -0.1) is 0 Å². The monoisotopic (exact) mass is 470 g/mol. The van der Waals surface area contributed by atoms with Crippen LogP contribution >= 0.6 is 0 Å². The lowest BCUT2D eigenvalue weighted by molar-refractivity contribution is 0.0560. The molecule has 1 atom stereocenters. The van der Waals surface area contributed by atoms with Crippen molar-refractivity contribution in [3.05, 3.63) is 57.7 Å². The zero-order valence-corrected chi connectivity index (χ0v) is 22.8. The molecule has 0 unspecified atom stereocenters. The van der Waals surface area contributed by atoms with Gasteiger partial charge < -0.3 is 9.47 Å². The van der Waals surface area contributed by atoms with Gasteiger partial charge in [0.2, 0.25) is 0 Å². The van der Waals surface area contributed by atoms with E-state index in [1.165, 1.54) is 22.3 Å². The first kappa shape index (κ1) is 28.2. The summed E-state index contributed by atoms with van der Waals surface area (Å²) < 4.78 is 24.9. The second-order valence-electron chi connectivity index (χ2n) is 10.6. The van der Waals surface area contributed by atoms with Gasteiger partial charge in [-0.05, 0) is 123 Å². The number of fused-ring (bicyclic) bond motifs is 1. The quantitative estimate of drug-likeness (QED) is 0.211. The number of alkyl halides is 1. The predicted octanol–water partition coefficient (Wildman–Crippen LogP) is 9.32. The predicted molar refractivity (Wildman–Crippen MR) is 144 cm³/mol. The lowest BCUT2D eigenvalue weighted by Gasteiger charge is -2.37. The number of benzene rings is 1. The van der Waals surface area contributed by atoms with Gasteiger partial charge in [0.1, 0.15) is 17.1 Å². The fourth-order valence-electron chi connectivity index (χ4n) is 4.48. The highest BCUT2D eigenvalue weighted by Gasteiger charge is 2.32. The molecule has 0 aliphatic carbocycles. The number of ether oxygens (including phenoxy) is 2. The third kappa shape index (κ3) is 8.96. The molecule has 0 amide bonds. The average molecular weight is 471 g/mol. The third-order valence-electron chi connectivity index (χ3n) is 6.97. The lowest BCUT2D eigenvalue weighted by Crippen LogP contribution is -2.36. The van der Waals surface area contributed by atoms with E-state index in [2.05, 4.69) is 72.8 Å². The lowest BCUT2D eigenvalue weighted by atomic mass is 9.86. The summed E-state index contributed by atoms with van der Waals surface area (Å²) in [5.74, 6) is 1.90. The third-order valence-corrected chi connectivity index (χ3v) is 6.97. The fourth-order valence-corrected chi connectivity index (χ4v) is 4.48. The van der Waals surface area contributed by atoms with Gasteiger partial charge in [0.05, 0.1) is 13.3 Å². The molecule has 0 spiro atoms. The van der Waals surface area contributed by atoms with Gasteiger partial charge in [-0.25, -0.2) is 0 Å². The second kappa shape index (κ2) is 13.8. The summed E-state index contributed by atoms with van der Waals surface area (Å²) in [6.07, 6.45) is 16.2. The number of allylic oxidation sites excluding steroid dienone is 6. The Morgan fingerprint density at radius 1 is 1.00 bits per heavy atom. The van der Waals surface area contributed by atoms with Crippen molar-refractivity contribution in [2.45, 2.75) is 112 Å². The van der Waals surface area contributed by atoms with E-state index in [0.29, 0.717) is 13.0 Å². The number of aryl methyl sites for hydroxylation is 1. The van der Waals surface area contributed by atoms with E-state index in [9.17, 15) is 4.39 Å². The topological polar surface area (TPSA) is 18.5 Å². The van der Waals surface area contributed by atoms with Crippen LogP contribution in [-0.4, -0.2) is 18.9 Å². The maximum atomic E-state index is 12.4. The number of hydrogen-bond donors (Lipinski definition) is 0. The first-order chi connectivity index (χ1) is 16.1. The van der Waals surface area contributed by atoms with Crippen molar-refractivity contribution >= 4 is 0 Å². The van der Waals surface area contributed by atoms with Crippen LogP contribution in [0.15, 0.2) is 41.0 Å². The van der Waals surface area contributed by atoms with Crippen LogP contribution in [0.25, 0.3) is 0 Å². The summed E-state index contributed by atoms with van der Waals surface area (Å²) >= 11 is 0. The molecular weight excluding hydrogens is 423 g/mol. The minimum atomic E-state index is -0.342. The SMILES string of the molecule is CC(C)=CCCC(C)=CCCC(C)=CCC[C@]1(C)CCc2cc(OCCCF)c(C)c(C)c2O1. The molecule has 0 bridgehead atoms. The number of halogens is 1. The molecule has 1 aliphatic rings. The van der Waals surface area contributed by atoms with Crippen LogP contribution < -0.4 is 9.47 Å². The molecule has 0 aromatic heterocycles. The molecular formula is C31H47FO2. The van der Waals surface area contributed by atoms with Gasteiger partial charge in [-0.1, -0.05) is 34.9 Å². The van der Waals surface area contributed by atoms with Crippen molar-refractivity contribution in [1.82, 2.24) is 0 Å². The molecule has 1 aliphatic heterocycles. The molecule has 2 nitrogen and oxygen atoms in total. The Balaban J connectivity index is 1.88. The van der Waals surface area contributed by atoms with Gasteiger partial charge in [-0.3, -0.25) is 4.39 Å². The first-order valence-electron chi connectivity index (χ1n) is 13.1. The Morgan fingerprint density at radius 3 is 2.29 bits per heavy atom. The summed E-state index contributed by atoms with van der Waals surface area (Å²) in [5.41, 5.74) is 7.69. The van der Waals surface area contributed by atoms with Crippen LogP contribution in [-0.2, 0) is 6.42 Å². The molecule has 190 valence electrons. The summed E-state index contributed by atoms with van der Waals surface area (Å²) in [5, 5.41) is 0. The molecule has 1 heterocycles. The minimum absolute atomic E-state index is 0.140. The van der Waals surface area contributed by atoms with Crippen molar-refractivity contribution in [1.29, 1.82) is 0 Å². The smallest absolute Gasteiger partial charge is 0.126 e. The van der Waals surface area contributed by atoms with E-state index >= 15 is 0 Å². The minimum Gasteiger partial charge on any atom is -0.493 e. The van der Waals surface area contributed by atoms with E-state index < -0.39 is 0 Å². The van der Waals surface area contributed by atoms with E-state index in [0.717, 1.165) is 74.0 Å². The van der Waals surface area contributed by atoms with Crippen molar-refractivity contribution in [2.24, 2.45) is 0 Å². The van der Waals surface area contributed by atoms with Gasteiger partial charge in [0.15, 0.2) is 0 Å². The molecule has 0 fully saturated rings. The molecule has 0 saturated carbocycles. The number of hydrogen-bond acceptors (Lipinski definition) is 2. The Morgan fingerprint density at radius 2 is 1.65 bits per heavy atom. The first-order valence-corrected chi connectivity index (χ1v) is 13.1. The highest BCUT2D eigenvalue weighted by atomic mass is 19.1. The molecule has 0 N–H and O–H groups in total. The van der Waals surface area contributed by atoms with Crippen LogP contribution in [0.3, 0.4) is 0 Å². The molecule has 34 heavy (non-hydrogen) atoms. The molecule has 2 rings (SSSR count).